The Bertz CT molecular complexity index is 203. The number of ketones is 1. The van der Waals surface area contributed by atoms with Crippen molar-refractivity contribution in [2.75, 3.05) is 0 Å². The van der Waals surface area contributed by atoms with Crippen LogP contribution >= 0.6 is 0 Å². The third-order valence-electron chi connectivity index (χ3n) is 1.67. The highest BCUT2D eigenvalue weighted by molar-refractivity contribution is 5.95. The van der Waals surface area contributed by atoms with Crippen molar-refractivity contribution in [1.82, 2.24) is 0 Å². The number of rotatable bonds is 4. The Morgan fingerprint density at radius 2 is 1.77 bits per heavy atom. The van der Waals surface area contributed by atoms with Gasteiger partial charge in [-0.2, -0.15) is 0 Å². The molecule has 0 aromatic carbocycles. The van der Waals surface area contributed by atoms with Crippen molar-refractivity contribution in [3.63, 3.8) is 0 Å². The second-order valence-corrected chi connectivity index (χ2v) is 4.26. The van der Waals surface area contributed by atoms with E-state index in [2.05, 4.69) is 25.7 Å². The second kappa shape index (κ2) is 6.71. The van der Waals surface area contributed by atoms with Crippen LogP contribution in [0.25, 0.3) is 0 Å². The summed E-state index contributed by atoms with van der Waals surface area (Å²) < 4.78 is 0. The summed E-state index contributed by atoms with van der Waals surface area (Å²) in [5.41, 5.74) is 0. The molecule has 0 N–H and O–H groups in total. The molecule has 0 fully saturated rings. The van der Waals surface area contributed by atoms with Crippen molar-refractivity contribution in [2.45, 2.75) is 47.0 Å². The molecule has 0 saturated carbocycles. The number of carbonyl (C=O) groups is 1. The Labute approximate surface area is 81.9 Å². The molecule has 0 aliphatic heterocycles. The highest BCUT2D eigenvalue weighted by Gasteiger charge is 1.99. The first kappa shape index (κ1) is 12.2. The fourth-order valence-electron chi connectivity index (χ4n) is 0.944. The van der Waals surface area contributed by atoms with Gasteiger partial charge in [0.05, 0.1) is 0 Å². The van der Waals surface area contributed by atoms with E-state index in [-0.39, 0.29) is 5.78 Å². The average Bonchev–Trinajstić information content (AvgIpc) is 1.96. The minimum absolute atomic E-state index is 0.0822. The maximum atomic E-state index is 11.1. The van der Waals surface area contributed by atoms with Gasteiger partial charge < -0.3 is 0 Å². The minimum Gasteiger partial charge on any atom is -0.285 e. The molecule has 0 heterocycles. The van der Waals surface area contributed by atoms with Gasteiger partial charge in [0.15, 0.2) is 0 Å². The van der Waals surface area contributed by atoms with Crippen molar-refractivity contribution in [2.24, 2.45) is 11.8 Å². The minimum atomic E-state index is 0.0822. The summed E-state index contributed by atoms with van der Waals surface area (Å²) in [7, 11) is 0. The quantitative estimate of drug-likeness (QED) is 0.480. The van der Waals surface area contributed by atoms with Gasteiger partial charge >= 0.3 is 0 Å². The van der Waals surface area contributed by atoms with Gasteiger partial charge in [-0.05, 0) is 24.2 Å². The van der Waals surface area contributed by atoms with Crippen molar-refractivity contribution < 1.29 is 4.79 Å². The predicted molar refractivity (Wildman–Crippen MR) is 56.3 cm³/mol. The van der Waals surface area contributed by atoms with Crippen LogP contribution in [0.2, 0.25) is 0 Å². The van der Waals surface area contributed by atoms with Gasteiger partial charge in [0, 0.05) is 12.8 Å². The molecule has 0 rings (SSSR count). The fourth-order valence-corrected chi connectivity index (χ4v) is 0.944. The zero-order chi connectivity index (χ0) is 10.3. The number of hydrogen-bond donors (Lipinski definition) is 0. The summed E-state index contributed by atoms with van der Waals surface area (Å²) in [5.74, 6) is 6.78. The molecule has 0 saturated heterocycles. The molecule has 0 aromatic rings. The molecule has 0 unspecified atom stereocenters. The number of Topliss-reactive ketones (excluding diaryl/α,β-unsaturated/α-hetero) is 1. The standard InChI is InChI=1S/C12H20O/c1-10(2)7-5-6-8-12(13)9-11(3)4/h10-11H,5,7,9H2,1-4H3. The van der Waals surface area contributed by atoms with Crippen LogP contribution < -0.4 is 0 Å². The van der Waals surface area contributed by atoms with Crippen molar-refractivity contribution in [1.29, 1.82) is 0 Å². The third kappa shape index (κ3) is 9.14. The maximum absolute atomic E-state index is 11.1. The highest BCUT2D eigenvalue weighted by atomic mass is 16.1. The molecule has 0 spiro atoms. The average molecular weight is 180 g/mol. The SMILES string of the molecule is CC(C)CCC#CC(=O)CC(C)C. The fraction of sp³-hybridized carbons (Fsp3) is 0.750. The summed E-state index contributed by atoms with van der Waals surface area (Å²) in [5, 5.41) is 0. The van der Waals surface area contributed by atoms with E-state index in [4.69, 9.17) is 0 Å². The summed E-state index contributed by atoms with van der Waals surface area (Å²) in [4.78, 5) is 11.1. The molecular weight excluding hydrogens is 160 g/mol. The summed E-state index contributed by atoms with van der Waals surface area (Å²) in [6.07, 6.45) is 2.53. The third-order valence-corrected chi connectivity index (χ3v) is 1.67. The van der Waals surface area contributed by atoms with Crippen molar-refractivity contribution >= 4 is 5.78 Å². The van der Waals surface area contributed by atoms with Crippen LogP contribution in [0.4, 0.5) is 0 Å². The van der Waals surface area contributed by atoms with E-state index >= 15 is 0 Å². The lowest BCUT2D eigenvalue weighted by Crippen LogP contribution is -1.98. The van der Waals surface area contributed by atoms with E-state index in [1.165, 1.54) is 0 Å². The maximum Gasteiger partial charge on any atom is 0.205 e. The molecule has 0 atom stereocenters. The number of carbonyl (C=O) groups excluding carboxylic acids is 1. The van der Waals surface area contributed by atoms with Crippen LogP contribution in [0.5, 0.6) is 0 Å². The van der Waals surface area contributed by atoms with Gasteiger partial charge in [-0.3, -0.25) is 4.79 Å². The smallest absolute Gasteiger partial charge is 0.205 e. The molecule has 74 valence electrons. The van der Waals surface area contributed by atoms with E-state index in [1.54, 1.807) is 0 Å². The molecule has 0 aliphatic rings. The molecule has 0 aromatic heterocycles. The van der Waals surface area contributed by atoms with Gasteiger partial charge in [-0.1, -0.05) is 33.6 Å². The van der Waals surface area contributed by atoms with E-state index in [9.17, 15) is 4.79 Å². The van der Waals surface area contributed by atoms with Crippen LogP contribution in [0.1, 0.15) is 47.0 Å². The Morgan fingerprint density at radius 1 is 1.15 bits per heavy atom. The molecule has 1 nitrogen and oxygen atoms in total. The Kier molecular flexibility index (Phi) is 6.32. The van der Waals surface area contributed by atoms with Gasteiger partial charge in [0.2, 0.25) is 5.78 Å². The van der Waals surface area contributed by atoms with Gasteiger partial charge in [-0.25, -0.2) is 0 Å². The van der Waals surface area contributed by atoms with E-state index in [0.29, 0.717) is 18.3 Å². The largest absolute Gasteiger partial charge is 0.285 e. The van der Waals surface area contributed by atoms with Crippen LogP contribution in [0, 0.1) is 23.7 Å². The summed E-state index contributed by atoms with van der Waals surface area (Å²) >= 11 is 0. The molecule has 1 heteroatoms. The van der Waals surface area contributed by atoms with Crippen LogP contribution in [0.3, 0.4) is 0 Å². The van der Waals surface area contributed by atoms with Crippen LogP contribution in [-0.4, -0.2) is 5.78 Å². The second-order valence-electron chi connectivity index (χ2n) is 4.26. The van der Waals surface area contributed by atoms with E-state index in [1.807, 2.05) is 13.8 Å². The lowest BCUT2D eigenvalue weighted by atomic mass is 10.1. The first-order valence-electron chi connectivity index (χ1n) is 5.04. The van der Waals surface area contributed by atoms with Gasteiger partial charge in [0.1, 0.15) is 0 Å². The molecule has 0 amide bonds. The Hall–Kier alpha value is -0.770. The van der Waals surface area contributed by atoms with Gasteiger partial charge in [-0.15, -0.1) is 0 Å². The normalized spacial score (nSPS) is 10.0. The Morgan fingerprint density at radius 3 is 2.23 bits per heavy atom. The van der Waals surface area contributed by atoms with E-state index < -0.39 is 0 Å². The summed E-state index contributed by atoms with van der Waals surface area (Å²) in [6, 6.07) is 0. The highest BCUT2D eigenvalue weighted by Crippen LogP contribution is 2.02. The summed E-state index contributed by atoms with van der Waals surface area (Å²) in [6.45, 7) is 8.40. The van der Waals surface area contributed by atoms with Crippen molar-refractivity contribution in [3.8, 4) is 11.8 Å². The van der Waals surface area contributed by atoms with E-state index in [0.717, 1.165) is 12.8 Å². The van der Waals surface area contributed by atoms with Crippen molar-refractivity contribution in [3.05, 3.63) is 0 Å². The predicted octanol–water partition coefficient (Wildman–Crippen LogP) is 3.04. The molecule has 0 bridgehead atoms. The topological polar surface area (TPSA) is 17.1 Å². The first-order chi connectivity index (χ1) is 6.02. The lowest BCUT2D eigenvalue weighted by Gasteiger charge is -1.98. The first-order valence-corrected chi connectivity index (χ1v) is 5.04. The number of hydrogen-bond acceptors (Lipinski definition) is 1. The molecular formula is C12H20O. The zero-order valence-corrected chi connectivity index (χ0v) is 9.18. The van der Waals surface area contributed by atoms with Crippen LogP contribution in [0.15, 0.2) is 0 Å². The van der Waals surface area contributed by atoms with Gasteiger partial charge in [0.25, 0.3) is 0 Å². The molecule has 0 aliphatic carbocycles. The lowest BCUT2D eigenvalue weighted by molar-refractivity contribution is -0.114. The monoisotopic (exact) mass is 180 g/mol. The molecule has 0 radical (unpaired) electrons. The molecule has 13 heavy (non-hydrogen) atoms. The zero-order valence-electron chi connectivity index (χ0n) is 9.18. The Balaban J connectivity index is 3.64. The van der Waals surface area contributed by atoms with Crippen LogP contribution in [-0.2, 0) is 4.79 Å².